The Morgan fingerprint density at radius 2 is 2.04 bits per heavy atom. The van der Waals surface area contributed by atoms with E-state index in [1.165, 1.54) is 31.3 Å². The number of hydrogen-bond acceptors (Lipinski definition) is 6. The van der Waals surface area contributed by atoms with Gasteiger partial charge in [0.1, 0.15) is 17.1 Å². The molecule has 0 atom stereocenters. The van der Waals surface area contributed by atoms with E-state index in [1.807, 2.05) is 0 Å². The molecule has 1 aromatic carbocycles. The van der Waals surface area contributed by atoms with Gasteiger partial charge < -0.3 is 4.42 Å². The van der Waals surface area contributed by atoms with Crippen molar-refractivity contribution < 1.29 is 18.9 Å². The van der Waals surface area contributed by atoms with Crippen molar-refractivity contribution in [2.24, 2.45) is 0 Å². The third-order valence-corrected chi connectivity index (χ3v) is 4.34. The van der Waals surface area contributed by atoms with Crippen LogP contribution >= 0.6 is 23.8 Å². The fourth-order valence-corrected chi connectivity index (χ4v) is 2.72. The van der Waals surface area contributed by atoms with Crippen molar-refractivity contribution in [3.05, 3.63) is 56.8 Å². The van der Waals surface area contributed by atoms with Crippen molar-refractivity contribution in [1.29, 1.82) is 0 Å². The quantitative estimate of drug-likeness (QED) is 0.283. The standard InChI is InChI=1S/C16H10ClN3O5S/c1-19-15(22)11(14(21)18-16(19)26)7-9-3-5-13(25-9)10-4-2-8(20(23)24)6-12(10)17/h2-7H,1H3,(H,18,21,26)/b11-7+. The van der Waals surface area contributed by atoms with Crippen LogP contribution in [0.15, 0.2) is 40.3 Å². The SMILES string of the molecule is CN1C(=O)/C(=C/c2ccc(-c3ccc([N+](=O)[O-])cc3Cl)o2)C(=O)NC1=S. The fourth-order valence-electron chi connectivity index (χ4n) is 2.28. The highest BCUT2D eigenvalue weighted by Gasteiger charge is 2.31. The molecule has 1 fully saturated rings. The molecular weight excluding hydrogens is 382 g/mol. The number of nitro benzene ring substituents is 1. The van der Waals surface area contributed by atoms with E-state index >= 15 is 0 Å². The summed E-state index contributed by atoms with van der Waals surface area (Å²) in [4.78, 5) is 35.5. The molecule has 0 aliphatic carbocycles. The van der Waals surface area contributed by atoms with Gasteiger partial charge in [-0.05, 0) is 36.5 Å². The minimum atomic E-state index is -0.621. The molecule has 0 bridgehead atoms. The monoisotopic (exact) mass is 391 g/mol. The predicted octanol–water partition coefficient (Wildman–Crippen LogP) is 2.76. The fraction of sp³-hybridized carbons (Fsp3) is 0.0625. The molecule has 0 saturated carbocycles. The number of nitro groups is 1. The molecule has 10 heteroatoms. The molecule has 2 amide bonds. The molecule has 2 heterocycles. The molecular formula is C16H10ClN3O5S. The van der Waals surface area contributed by atoms with Crippen molar-refractivity contribution in [1.82, 2.24) is 10.2 Å². The number of thiocarbonyl (C=S) groups is 1. The Labute approximate surface area is 157 Å². The zero-order chi connectivity index (χ0) is 19.0. The molecule has 1 saturated heterocycles. The first-order chi connectivity index (χ1) is 12.3. The number of amides is 2. The molecule has 1 aromatic heterocycles. The van der Waals surface area contributed by atoms with Gasteiger partial charge in [0.15, 0.2) is 5.11 Å². The van der Waals surface area contributed by atoms with Crippen LogP contribution in [0.5, 0.6) is 0 Å². The molecule has 2 aromatic rings. The van der Waals surface area contributed by atoms with Crippen molar-refractivity contribution in [2.75, 3.05) is 7.05 Å². The smallest absolute Gasteiger partial charge is 0.270 e. The van der Waals surface area contributed by atoms with Crippen LogP contribution in [0.3, 0.4) is 0 Å². The van der Waals surface area contributed by atoms with Crippen molar-refractivity contribution in [3.63, 3.8) is 0 Å². The lowest BCUT2D eigenvalue weighted by Crippen LogP contribution is -2.52. The van der Waals surface area contributed by atoms with E-state index < -0.39 is 16.7 Å². The summed E-state index contributed by atoms with van der Waals surface area (Å²) in [6.45, 7) is 0. The molecule has 132 valence electrons. The summed E-state index contributed by atoms with van der Waals surface area (Å²) < 4.78 is 5.60. The number of furan rings is 1. The lowest BCUT2D eigenvalue weighted by molar-refractivity contribution is -0.384. The molecule has 0 unspecified atom stereocenters. The molecule has 1 aliphatic rings. The average Bonchev–Trinajstić information content (AvgIpc) is 3.05. The third-order valence-electron chi connectivity index (χ3n) is 3.65. The van der Waals surface area contributed by atoms with Gasteiger partial charge in [-0.15, -0.1) is 0 Å². The van der Waals surface area contributed by atoms with Gasteiger partial charge >= 0.3 is 0 Å². The molecule has 3 rings (SSSR count). The van der Waals surface area contributed by atoms with Gasteiger partial charge in [0, 0.05) is 24.7 Å². The van der Waals surface area contributed by atoms with Crippen LogP contribution in [0.4, 0.5) is 5.69 Å². The van der Waals surface area contributed by atoms with E-state index in [9.17, 15) is 19.7 Å². The Balaban J connectivity index is 1.93. The van der Waals surface area contributed by atoms with Crippen LogP contribution in [-0.2, 0) is 9.59 Å². The number of hydrogen-bond donors (Lipinski definition) is 1. The molecule has 0 spiro atoms. The summed E-state index contributed by atoms with van der Waals surface area (Å²) in [5.74, 6) is -0.590. The predicted molar refractivity (Wildman–Crippen MR) is 97.3 cm³/mol. The lowest BCUT2D eigenvalue weighted by atomic mass is 10.1. The van der Waals surface area contributed by atoms with Crippen LogP contribution in [0.2, 0.25) is 5.02 Å². The van der Waals surface area contributed by atoms with Crippen LogP contribution in [0.25, 0.3) is 17.4 Å². The number of carbonyl (C=O) groups excluding carboxylic acids is 2. The Morgan fingerprint density at radius 3 is 2.69 bits per heavy atom. The minimum absolute atomic E-state index is 0.0231. The van der Waals surface area contributed by atoms with Crippen molar-refractivity contribution >= 4 is 52.5 Å². The van der Waals surface area contributed by atoms with E-state index in [1.54, 1.807) is 12.1 Å². The topological polar surface area (TPSA) is 106 Å². The summed E-state index contributed by atoms with van der Waals surface area (Å²) in [6.07, 6.45) is 1.29. The Hall–Kier alpha value is -3.04. The minimum Gasteiger partial charge on any atom is -0.457 e. The molecule has 1 aliphatic heterocycles. The van der Waals surface area contributed by atoms with Gasteiger partial charge in [0.2, 0.25) is 0 Å². The third kappa shape index (κ3) is 3.22. The zero-order valence-corrected chi connectivity index (χ0v) is 14.8. The first-order valence-corrected chi connectivity index (χ1v) is 7.96. The Bertz CT molecular complexity index is 998. The summed E-state index contributed by atoms with van der Waals surface area (Å²) in [6, 6.07) is 7.11. The Kier molecular flexibility index (Phi) is 4.58. The molecule has 26 heavy (non-hydrogen) atoms. The number of carbonyl (C=O) groups is 2. The van der Waals surface area contributed by atoms with Gasteiger partial charge in [-0.25, -0.2) is 0 Å². The maximum Gasteiger partial charge on any atom is 0.270 e. The second-order valence-electron chi connectivity index (χ2n) is 5.30. The molecule has 8 nitrogen and oxygen atoms in total. The maximum atomic E-state index is 12.2. The highest BCUT2D eigenvalue weighted by atomic mass is 35.5. The number of nitrogens with one attached hydrogen (secondary N) is 1. The van der Waals surface area contributed by atoms with E-state index in [2.05, 4.69) is 5.32 Å². The number of likely N-dealkylation sites (N-methyl/N-ethyl adjacent to an activating group) is 1. The van der Waals surface area contributed by atoms with Crippen LogP contribution in [0, 0.1) is 10.1 Å². The first-order valence-electron chi connectivity index (χ1n) is 7.17. The number of nitrogens with zero attached hydrogens (tertiary/aromatic N) is 2. The van der Waals surface area contributed by atoms with Gasteiger partial charge in [-0.1, -0.05) is 11.6 Å². The van der Waals surface area contributed by atoms with E-state index in [4.69, 9.17) is 28.2 Å². The summed E-state index contributed by atoms with van der Waals surface area (Å²) in [5.41, 5.74) is 0.174. The summed E-state index contributed by atoms with van der Waals surface area (Å²) >= 11 is 10.9. The number of rotatable bonds is 3. The van der Waals surface area contributed by atoms with Crippen molar-refractivity contribution in [2.45, 2.75) is 0 Å². The van der Waals surface area contributed by atoms with Crippen molar-refractivity contribution in [3.8, 4) is 11.3 Å². The second-order valence-corrected chi connectivity index (χ2v) is 6.10. The largest absolute Gasteiger partial charge is 0.457 e. The summed E-state index contributed by atoms with van der Waals surface area (Å²) in [7, 11) is 1.45. The van der Waals surface area contributed by atoms with E-state index in [0.717, 1.165) is 4.90 Å². The highest BCUT2D eigenvalue weighted by Crippen LogP contribution is 2.32. The van der Waals surface area contributed by atoms with Crippen LogP contribution < -0.4 is 5.32 Å². The summed E-state index contributed by atoms with van der Waals surface area (Å²) in [5, 5.41) is 13.3. The van der Waals surface area contributed by atoms with Gasteiger partial charge in [-0.2, -0.15) is 0 Å². The van der Waals surface area contributed by atoms with Gasteiger partial charge in [0.05, 0.1) is 9.95 Å². The maximum absolute atomic E-state index is 12.2. The van der Waals surface area contributed by atoms with E-state index in [0.29, 0.717) is 11.3 Å². The number of halogens is 1. The van der Waals surface area contributed by atoms with Crippen LogP contribution in [-0.4, -0.2) is 33.8 Å². The number of benzene rings is 1. The molecule has 0 radical (unpaired) electrons. The second kappa shape index (κ2) is 6.70. The van der Waals surface area contributed by atoms with Gasteiger partial charge in [0.25, 0.3) is 17.5 Å². The first kappa shape index (κ1) is 17.8. The lowest BCUT2D eigenvalue weighted by Gasteiger charge is -2.24. The Morgan fingerprint density at radius 1 is 1.31 bits per heavy atom. The zero-order valence-electron chi connectivity index (χ0n) is 13.2. The number of non-ortho nitro benzene ring substituents is 1. The highest BCUT2D eigenvalue weighted by molar-refractivity contribution is 7.80. The van der Waals surface area contributed by atoms with E-state index in [-0.39, 0.29) is 27.2 Å². The van der Waals surface area contributed by atoms with Crippen LogP contribution in [0.1, 0.15) is 5.76 Å². The van der Waals surface area contributed by atoms with Gasteiger partial charge in [-0.3, -0.25) is 29.9 Å². The average molecular weight is 392 g/mol. The normalized spacial score (nSPS) is 16.2. The molecule has 1 N–H and O–H groups in total.